The van der Waals surface area contributed by atoms with Crippen LogP contribution in [0.1, 0.15) is 29.6 Å². The molecule has 0 atom stereocenters. The third-order valence-electron chi connectivity index (χ3n) is 3.52. The first-order valence-electron chi connectivity index (χ1n) is 8.62. The second kappa shape index (κ2) is 12.1. The molecule has 0 aliphatic carbocycles. The predicted molar refractivity (Wildman–Crippen MR) is 117 cm³/mol. The molecule has 0 fully saturated rings. The molecule has 2 aromatic rings. The number of para-hydroxylation sites is 1. The zero-order valence-electron chi connectivity index (χ0n) is 15.7. The Kier molecular flexibility index (Phi) is 10.6. The van der Waals surface area contributed by atoms with E-state index in [0.717, 1.165) is 34.5 Å². The molecular formula is C18H24F3IN4OS. The third kappa shape index (κ3) is 8.21. The van der Waals surface area contributed by atoms with E-state index in [9.17, 15) is 13.2 Å². The van der Waals surface area contributed by atoms with Crippen LogP contribution in [-0.2, 0) is 12.7 Å². The van der Waals surface area contributed by atoms with E-state index in [1.54, 1.807) is 0 Å². The number of rotatable bonds is 8. The average molecular weight is 528 g/mol. The van der Waals surface area contributed by atoms with Gasteiger partial charge in [0.25, 0.3) is 0 Å². The van der Waals surface area contributed by atoms with Crippen LogP contribution < -0.4 is 15.4 Å². The highest BCUT2D eigenvalue weighted by Gasteiger charge is 2.33. The maximum atomic E-state index is 12.6. The van der Waals surface area contributed by atoms with Gasteiger partial charge in [0, 0.05) is 18.5 Å². The van der Waals surface area contributed by atoms with Gasteiger partial charge >= 0.3 is 6.18 Å². The summed E-state index contributed by atoms with van der Waals surface area (Å²) in [6.07, 6.45) is -3.66. The Morgan fingerprint density at radius 3 is 2.64 bits per heavy atom. The summed E-state index contributed by atoms with van der Waals surface area (Å²) in [7, 11) is 0. The van der Waals surface area contributed by atoms with Gasteiger partial charge in [-0.2, -0.15) is 13.2 Å². The number of aryl methyl sites for hydroxylation is 1. The summed E-state index contributed by atoms with van der Waals surface area (Å²) < 4.78 is 43.5. The lowest BCUT2D eigenvalue weighted by molar-refractivity contribution is -0.140. The van der Waals surface area contributed by atoms with Crippen LogP contribution in [0, 0.1) is 6.92 Å². The fourth-order valence-corrected chi connectivity index (χ4v) is 2.91. The predicted octanol–water partition coefficient (Wildman–Crippen LogP) is 4.61. The first kappa shape index (κ1) is 24.5. The molecule has 0 saturated carbocycles. The Bertz CT molecular complexity index is 752. The van der Waals surface area contributed by atoms with Gasteiger partial charge in [0.1, 0.15) is 10.8 Å². The number of halogens is 4. The minimum Gasteiger partial charge on any atom is -0.493 e. The molecule has 5 nitrogen and oxygen atoms in total. The molecule has 156 valence electrons. The molecule has 0 spiro atoms. The van der Waals surface area contributed by atoms with Crippen molar-refractivity contribution in [1.82, 2.24) is 15.6 Å². The summed E-state index contributed by atoms with van der Waals surface area (Å²) in [6, 6.07) is 7.81. The van der Waals surface area contributed by atoms with E-state index in [4.69, 9.17) is 4.74 Å². The standard InChI is InChI=1S/C18H23F3N4OS.HI/c1-3-22-17(24-11-16-25-15(12-27-16)18(19,20)21)23-9-6-10-26-14-8-5-4-7-13(14)2;/h4-5,7-8,12H,3,6,9-11H2,1-2H3,(H2,22,23,24);1H. The van der Waals surface area contributed by atoms with Crippen molar-refractivity contribution >= 4 is 41.3 Å². The first-order chi connectivity index (χ1) is 12.9. The third-order valence-corrected chi connectivity index (χ3v) is 4.36. The van der Waals surface area contributed by atoms with E-state index >= 15 is 0 Å². The zero-order chi connectivity index (χ0) is 19.7. The van der Waals surface area contributed by atoms with E-state index in [-0.39, 0.29) is 30.5 Å². The molecular weight excluding hydrogens is 504 g/mol. The van der Waals surface area contributed by atoms with E-state index in [1.165, 1.54) is 0 Å². The molecule has 28 heavy (non-hydrogen) atoms. The molecule has 0 amide bonds. The van der Waals surface area contributed by atoms with Crippen LogP contribution in [0.5, 0.6) is 5.75 Å². The fraction of sp³-hybridized carbons (Fsp3) is 0.444. The summed E-state index contributed by atoms with van der Waals surface area (Å²) in [5.41, 5.74) is 0.214. The van der Waals surface area contributed by atoms with E-state index < -0.39 is 11.9 Å². The Labute approximate surface area is 183 Å². The van der Waals surface area contributed by atoms with E-state index in [1.807, 2.05) is 38.1 Å². The summed E-state index contributed by atoms with van der Waals surface area (Å²) in [5.74, 6) is 1.40. The Morgan fingerprint density at radius 2 is 2.00 bits per heavy atom. The lowest BCUT2D eigenvalue weighted by Crippen LogP contribution is -2.38. The van der Waals surface area contributed by atoms with Gasteiger partial charge in [-0.25, -0.2) is 9.98 Å². The maximum Gasteiger partial charge on any atom is 0.434 e. The summed E-state index contributed by atoms with van der Waals surface area (Å²) in [5, 5.41) is 7.53. The molecule has 2 N–H and O–H groups in total. The average Bonchev–Trinajstić information content (AvgIpc) is 3.10. The van der Waals surface area contributed by atoms with Crippen LogP contribution in [0.2, 0.25) is 0 Å². The van der Waals surface area contributed by atoms with Crippen LogP contribution in [0.3, 0.4) is 0 Å². The van der Waals surface area contributed by atoms with Gasteiger partial charge in [-0.05, 0) is 31.9 Å². The topological polar surface area (TPSA) is 58.5 Å². The molecule has 10 heteroatoms. The highest BCUT2D eigenvalue weighted by molar-refractivity contribution is 14.0. The molecule has 0 radical (unpaired) electrons. The number of ether oxygens (including phenoxy) is 1. The highest BCUT2D eigenvalue weighted by Crippen LogP contribution is 2.30. The van der Waals surface area contributed by atoms with E-state index in [0.29, 0.717) is 30.7 Å². The van der Waals surface area contributed by atoms with E-state index in [2.05, 4.69) is 20.6 Å². The van der Waals surface area contributed by atoms with Gasteiger partial charge in [-0.15, -0.1) is 35.3 Å². The molecule has 0 unspecified atom stereocenters. The Hall–Kier alpha value is -1.56. The van der Waals surface area contributed by atoms with Crippen molar-refractivity contribution in [2.45, 2.75) is 33.0 Å². The van der Waals surface area contributed by atoms with Crippen molar-refractivity contribution in [3.63, 3.8) is 0 Å². The number of aliphatic imine (C=N–C) groups is 1. The van der Waals surface area contributed by atoms with Gasteiger partial charge in [0.15, 0.2) is 11.7 Å². The van der Waals surface area contributed by atoms with Crippen molar-refractivity contribution in [2.24, 2.45) is 4.99 Å². The maximum absolute atomic E-state index is 12.6. The normalized spacial score (nSPS) is 11.7. The number of hydrogen-bond acceptors (Lipinski definition) is 4. The van der Waals surface area contributed by atoms with Crippen molar-refractivity contribution in [1.29, 1.82) is 0 Å². The number of nitrogens with zero attached hydrogens (tertiary/aromatic N) is 2. The van der Waals surface area contributed by atoms with Gasteiger partial charge in [0.2, 0.25) is 0 Å². The molecule has 0 aliphatic rings. The number of thiazole rings is 1. The summed E-state index contributed by atoms with van der Waals surface area (Å²) in [6.45, 7) is 5.84. The smallest absolute Gasteiger partial charge is 0.434 e. The lowest BCUT2D eigenvalue weighted by Gasteiger charge is -2.12. The Balaban J connectivity index is 0.00000392. The monoisotopic (exact) mass is 528 g/mol. The SMILES string of the molecule is CCNC(=NCc1nc(C(F)(F)F)cs1)NCCCOc1ccccc1C.I. The lowest BCUT2D eigenvalue weighted by atomic mass is 10.2. The number of guanidine groups is 1. The van der Waals surface area contributed by atoms with Crippen LogP contribution in [-0.4, -0.2) is 30.6 Å². The van der Waals surface area contributed by atoms with Crippen LogP contribution >= 0.6 is 35.3 Å². The number of benzene rings is 1. The summed E-state index contributed by atoms with van der Waals surface area (Å²) >= 11 is 0.954. The second-order valence-corrected chi connectivity index (χ2v) is 6.66. The summed E-state index contributed by atoms with van der Waals surface area (Å²) in [4.78, 5) is 7.86. The molecule has 1 heterocycles. The highest BCUT2D eigenvalue weighted by atomic mass is 127. The quantitative estimate of drug-likeness (QED) is 0.228. The number of aromatic nitrogens is 1. The van der Waals surface area contributed by atoms with Gasteiger partial charge in [0.05, 0.1) is 13.2 Å². The van der Waals surface area contributed by atoms with Crippen molar-refractivity contribution in [3.05, 3.63) is 45.9 Å². The number of hydrogen-bond donors (Lipinski definition) is 2. The van der Waals surface area contributed by atoms with Gasteiger partial charge in [-0.1, -0.05) is 18.2 Å². The Morgan fingerprint density at radius 1 is 1.25 bits per heavy atom. The van der Waals surface area contributed by atoms with Crippen LogP contribution in [0.15, 0.2) is 34.6 Å². The van der Waals surface area contributed by atoms with Crippen molar-refractivity contribution in [3.8, 4) is 5.75 Å². The van der Waals surface area contributed by atoms with Crippen molar-refractivity contribution < 1.29 is 17.9 Å². The molecule has 1 aromatic carbocycles. The van der Waals surface area contributed by atoms with Gasteiger partial charge in [-0.3, -0.25) is 0 Å². The number of alkyl halides is 3. The fourth-order valence-electron chi connectivity index (χ4n) is 2.18. The largest absolute Gasteiger partial charge is 0.493 e. The minimum absolute atomic E-state index is 0. The zero-order valence-corrected chi connectivity index (χ0v) is 18.8. The molecule has 2 rings (SSSR count). The van der Waals surface area contributed by atoms with Gasteiger partial charge < -0.3 is 15.4 Å². The van der Waals surface area contributed by atoms with Crippen LogP contribution in [0.25, 0.3) is 0 Å². The molecule has 0 aliphatic heterocycles. The minimum atomic E-state index is -4.42. The van der Waals surface area contributed by atoms with Crippen molar-refractivity contribution in [2.75, 3.05) is 19.7 Å². The molecule has 0 bridgehead atoms. The number of nitrogens with one attached hydrogen (secondary N) is 2. The first-order valence-corrected chi connectivity index (χ1v) is 9.50. The molecule has 1 aromatic heterocycles. The van der Waals surface area contributed by atoms with Crippen LogP contribution in [0.4, 0.5) is 13.2 Å². The second-order valence-electron chi connectivity index (χ2n) is 5.71. The molecule has 0 saturated heterocycles.